The number of halogens is 3. The highest BCUT2D eigenvalue weighted by Gasteiger charge is 2.19. The first kappa shape index (κ1) is 16.2. The Morgan fingerprint density at radius 3 is 2.65 bits per heavy atom. The Kier molecular flexibility index (Phi) is 3.68. The van der Waals surface area contributed by atoms with Crippen LogP contribution in [0.15, 0.2) is 48.5 Å². The van der Waals surface area contributed by atoms with E-state index in [1.807, 2.05) is 0 Å². The minimum absolute atomic E-state index is 0.0662. The Labute approximate surface area is 146 Å². The maximum Gasteiger partial charge on any atom is 0.249 e. The van der Waals surface area contributed by atoms with Crippen LogP contribution in [0.2, 0.25) is 0 Å². The second kappa shape index (κ2) is 5.91. The van der Waals surface area contributed by atoms with Crippen molar-refractivity contribution in [2.45, 2.75) is 6.54 Å². The van der Waals surface area contributed by atoms with Gasteiger partial charge in [-0.2, -0.15) is 0 Å². The summed E-state index contributed by atoms with van der Waals surface area (Å²) in [6.45, 7) is -0.111. The van der Waals surface area contributed by atoms with Crippen LogP contribution < -0.4 is 5.73 Å². The summed E-state index contributed by atoms with van der Waals surface area (Å²) in [4.78, 5) is 11.8. The maximum absolute atomic E-state index is 14.6. The number of aromatic nitrogens is 1. The fourth-order valence-corrected chi connectivity index (χ4v) is 3.27. The van der Waals surface area contributed by atoms with Gasteiger partial charge in [-0.25, -0.2) is 13.2 Å². The van der Waals surface area contributed by atoms with Gasteiger partial charge in [-0.1, -0.05) is 12.1 Å². The number of primary amides is 1. The van der Waals surface area contributed by atoms with Gasteiger partial charge in [0.25, 0.3) is 0 Å². The molecule has 1 aromatic heterocycles. The van der Waals surface area contributed by atoms with Gasteiger partial charge in [0.1, 0.15) is 17.5 Å². The predicted octanol–water partition coefficient (Wildman–Crippen LogP) is 4.16. The van der Waals surface area contributed by atoms with E-state index in [1.54, 1.807) is 12.1 Å². The monoisotopic (exact) mass is 353 g/mol. The molecule has 26 heavy (non-hydrogen) atoms. The number of nitrogens with two attached hydrogens (primary N) is 1. The van der Waals surface area contributed by atoms with Crippen molar-refractivity contribution in [3.05, 3.63) is 83.2 Å². The molecule has 0 aliphatic rings. The molecule has 0 saturated carbocycles. The van der Waals surface area contributed by atoms with Crippen LogP contribution in [0.4, 0.5) is 13.2 Å². The van der Waals surface area contributed by atoms with Crippen LogP contribution in [-0.2, 0) is 6.54 Å². The first-order valence-corrected chi connectivity index (χ1v) is 7.82. The molecule has 4 aromatic rings. The average Bonchev–Trinajstić information content (AvgIpc) is 2.93. The number of rotatable bonds is 3. The SMILES string of the molecule is NC(=O)c1cccc2c1c1[c]ccc(F)c1n2Cc1cc(F)ccc1F. The zero-order valence-electron chi connectivity index (χ0n) is 13.4. The lowest BCUT2D eigenvalue weighted by molar-refractivity contribution is 0.100. The summed E-state index contributed by atoms with van der Waals surface area (Å²) in [7, 11) is 0. The fraction of sp³-hybridized carbons (Fsp3) is 0.0500. The maximum atomic E-state index is 14.6. The number of hydrogen-bond donors (Lipinski definition) is 1. The summed E-state index contributed by atoms with van der Waals surface area (Å²) < 4.78 is 43.7. The van der Waals surface area contributed by atoms with Gasteiger partial charge < -0.3 is 10.3 Å². The van der Waals surface area contributed by atoms with Crippen molar-refractivity contribution in [3.8, 4) is 0 Å². The van der Waals surface area contributed by atoms with Crippen molar-refractivity contribution in [2.75, 3.05) is 0 Å². The molecule has 2 N–H and O–H groups in total. The molecule has 3 aromatic carbocycles. The van der Waals surface area contributed by atoms with Crippen molar-refractivity contribution < 1.29 is 18.0 Å². The molecule has 0 aliphatic heterocycles. The van der Waals surface area contributed by atoms with Crippen LogP contribution in [0.25, 0.3) is 21.8 Å². The summed E-state index contributed by atoms with van der Waals surface area (Å²) in [6.07, 6.45) is 0. The Hall–Kier alpha value is -3.28. The van der Waals surface area contributed by atoms with E-state index in [0.29, 0.717) is 16.3 Å². The number of benzene rings is 3. The van der Waals surface area contributed by atoms with Gasteiger partial charge in [0.05, 0.1) is 17.6 Å². The largest absolute Gasteiger partial charge is 0.366 e. The number of amides is 1. The van der Waals surface area contributed by atoms with E-state index in [-0.39, 0.29) is 23.2 Å². The number of carbonyl (C=O) groups is 1. The highest BCUT2D eigenvalue weighted by atomic mass is 19.1. The van der Waals surface area contributed by atoms with E-state index < -0.39 is 23.4 Å². The molecule has 1 heterocycles. The van der Waals surface area contributed by atoms with Crippen LogP contribution in [0, 0.1) is 23.5 Å². The van der Waals surface area contributed by atoms with Gasteiger partial charge in [0, 0.05) is 21.9 Å². The molecule has 4 rings (SSSR count). The molecule has 0 unspecified atom stereocenters. The van der Waals surface area contributed by atoms with E-state index in [0.717, 1.165) is 18.2 Å². The molecule has 0 fully saturated rings. The smallest absolute Gasteiger partial charge is 0.249 e. The Morgan fingerprint density at radius 2 is 1.88 bits per heavy atom. The molecule has 6 heteroatoms. The van der Waals surface area contributed by atoms with Gasteiger partial charge in [0.15, 0.2) is 0 Å². The second-order valence-corrected chi connectivity index (χ2v) is 5.94. The summed E-state index contributed by atoms with van der Waals surface area (Å²) >= 11 is 0. The summed E-state index contributed by atoms with van der Waals surface area (Å²) in [5, 5.41) is 0.803. The standard InChI is InChI=1S/C20H12F3N2O/c21-12-7-8-15(22)11(9-12)10-25-17-6-2-4-14(20(24)26)18(17)13-3-1-5-16(23)19(13)25/h1-2,4-9H,10H2,(H2,24,26). The van der Waals surface area contributed by atoms with Crippen molar-refractivity contribution in [1.82, 2.24) is 4.57 Å². The Morgan fingerprint density at radius 1 is 1.08 bits per heavy atom. The van der Waals surface area contributed by atoms with Gasteiger partial charge in [0.2, 0.25) is 5.91 Å². The average molecular weight is 353 g/mol. The van der Waals surface area contributed by atoms with Crippen LogP contribution in [-0.4, -0.2) is 10.5 Å². The zero-order chi connectivity index (χ0) is 18.4. The van der Waals surface area contributed by atoms with Crippen LogP contribution >= 0.6 is 0 Å². The predicted molar refractivity (Wildman–Crippen MR) is 92.2 cm³/mol. The molecule has 0 saturated heterocycles. The molecule has 0 aliphatic carbocycles. The molecular weight excluding hydrogens is 341 g/mol. The van der Waals surface area contributed by atoms with E-state index in [1.165, 1.54) is 22.8 Å². The highest BCUT2D eigenvalue weighted by molar-refractivity contribution is 6.17. The van der Waals surface area contributed by atoms with Gasteiger partial charge in [-0.05, 0) is 42.5 Å². The number of carbonyl (C=O) groups excluding carboxylic acids is 1. The first-order chi connectivity index (χ1) is 12.5. The number of fused-ring (bicyclic) bond motifs is 3. The molecule has 3 nitrogen and oxygen atoms in total. The third kappa shape index (κ3) is 2.42. The van der Waals surface area contributed by atoms with Crippen LogP contribution in [0.3, 0.4) is 0 Å². The Balaban J connectivity index is 2.09. The van der Waals surface area contributed by atoms with Crippen LogP contribution in [0.1, 0.15) is 15.9 Å². The Bertz CT molecular complexity index is 1180. The van der Waals surface area contributed by atoms with Gasteiger partial charge in [-0.15, -0.1) is 0 Å². The summed E-state index contributed by atoms with van der Waals surface area (Å²) in [6, 6.07) is 13.5. The topological polar surface area (TPSA) is 48.0 Å². The van der Waals surface area contributed by atoms with E-state index in [2.05, 4.69) is 6.07 Å². The van der Waals surface area contributed by atoms with Crippen molar-refractivity contribution in [3.63, 3.8) is 0 Å². The highest BCUT2D eigenvalue weighted by Crippen LogP contribution is 2.33. The lowest BCUT2D eigenvalue weighted by Gasteiger charge is -2.09. The van der Waals surface area contributed by atoms with Crippen LogP contribution in [0.5, 0.6) is 0 Å². The van der Waals surface area contributed by atoms with E-state index >= 15 is 0 Å². The molecule has 1 radical (unpaired) electrons. The molecule has 129 valence electrons. The third-order valence-electron chi connectivity index (χ3n) is 4.38. The lowest BCUT2D eigenvalue weighted by Crippen LogP contribution is -2.11. The van der Waals surface area contributed by atoms with Crippen molar-refractivity contribution in [2.24, 2.45) is 5.73 Å². The normalized spacial score (nSPS) is 11.3. The second-order valence-electron chi connectivity index (χ2n) is 5.94. The molecule has 0 atom stereocenters. The lowest BCUT2D eigenvalue weighted by atomic mass is 10.1. The molecular formula is C20H12F3N2O. The fourth-order valence-electron chi connectivity index (χ4n) is 3.27. The zero-order valence-corrected chi connectivity index (χ0v) is 13.4. The third-order valence-corrected chi connectivity index (χ3v) is 4.38. The molecule has 0 bridgehead atoms. The van der Waals surface area contributed by atoms with Gasteiger partial charge in [-0.3, -0.25) is 4.79 Å². The van der Waals surface area contributed by atoms with E-state index in [9.17, 15) is 18.0 Å². The quantitative estimate of drug-likeness (QED) is 0.591. The van der Waals surface area contributed by atoms with E-state index in [4.69, 9.17) is 5.73 Å². The number of hydrogen-bond acceptors (Lipinski definition) is 1. The van der Waals surface area contributed by atoms with Crippen molar-refractivity contribution >= 4 is 27.7 Å². The molecule has 1 amide bonds. The van der Waals surface area contributed by atoms with Crippen molar-refractivity contribution in [1.29, 1.82) is 0 Å². The summed E-state index contributed by atoms with van der Waals surface area (Å²) in [5.74, 6) is -2.41. The number of nitrogens with zero attached hydrogens (tertiary/aromatic N) is 1. The minimum atomic E-state index is -0.663. The molecule has 0 spiro atoms. The first-order valence-electron chi connectivity index (χ1n) is 7.82. The van der Waals surface area contributed by atoms with Gasteiger partial charge >= 0.3 is 0 Å². The minimum Gasteiger partial charge on any atom is -0.366 e. The summed E-state index contributed by atoms with van der Waals surface area (Å²) in [5.41, 5.74) is 6.37.